The van der Waals surface area contributed by atoms with E-state index in [0.717, 1.165) is 5.52 Å². The first-order valence-corrected chi connectivity index (χ1v) is 12.4. The highest BCUT2D eigenvalue weighted by Gasteiger charge is 2.31. The van der Waals surface area contributed by atoms with Crippen molar-refractivity contribution in [3.63, 3.8) is 0 Å². The first kappa shape index (κ1) is 23.1. The molecule has 1 aromatic heterocycles. The molecule has 0 aliphatic carbocycles. The predicted octanol–water partition coefficient (Wildman–Crippen LogP) is 1.70. The molecule has 0 spiro atoms. The smallest absolute Gasteiger partial charge is 0.337 e. The van der Waals surface area contributed by atoms with E-state index in [0.29, 0.717) is 34.9 Å². The number of thioether (sulfide) groups is 1. The van der Waals surface area contributed by atoms with Crippen LogP contribution in [0.3, 0.4) is 0 Å². The van der Waals surface area contributed by atoms with Gasteiger partial charge < -0.3 is 19.9 Å². The van der Waals surface area contributed by atoms with E-state index >= 15 is 0 Å². The van der Waals surface area contributed by atoms with Crippen LogP contribution in [0.2, 0.25) is 0 Å². The molecule has 0 saturated carbocycles. The van der Waals surface area contributed by atoms with Crippen LogP contribution >= 0.6 is 11.8 Å². The van der Waals surface area contributed by atoms with Crippen LogP contribution in [0.5, 0.6) is 0 Å². The minimum atomic E-state index is -3.84. The zero-order valence-electron chi connectivity index (χ0n) is 17.5. The number of nitrogens with two attached hydrogens (primary N) is 1. The fourth-order valence-electron chi connectivity index (χ4n) is 3.39. The quantitative estimate of drug-likeness (QED) is 0.396. The molecule has 0 radical (unpaired) electrons. The third kappa shape index (κ3) is 4.86. The van der Waals surface area contributed by atoms with Gasteiger partial charge in [-0.05, 0) is 38.5 Å². The maximum Gasteiger partial charge on any atom is 0.337 e. The highest BCUT2D eigenvalue weighted by Crippen LogP contribution is 2.28. The van der Waals surface area contributed by atoms with Crippen LogP contribution in [0, 0.1) is 0 Å². The summed E-state index contributed by atoms with van der Waals surface area (Å²) in [5, 5.41) is 11.3. The summed E-state index contributed by atoms with van der Waals surface area (Å²) in [5.74, 6) is -0.192. The van der Waals surface area contributed by atoms with Gasteiger partial charge in [-0.1, -0.05) is 18.7 Å². The predicted molar refractivity (Wildman–Crippen MR) is 117 cm³/mol. The number of hydrogen-bond donors (Lipinski definition) is 3. The van der Waals surface area contributed by atoms with Crippen molar-refractivity contribution in [2.75, 3.05) is 12.4 Å². The number of sulfonamides is 1. The van der Waals surface area contributed by atoms with Crippen molar-refractivity contribution in [3.8, 4) is 0 Å². The van der Waals surface area contributed by atoms with Gasteiger partial charge in [0.25, 0.3) is 0 Å². The van der Waals surface area contributed by atoms with Gasteiger partial charge in [-0.2, -0.15) is 0 Å². The summed E-state index contributed by atoms with van der Waals surface area (Å²) in [6.45, 7) is 6.37. The molecule has 1 aliphatic heterocycles. The van der Waals surface area contributed by atoms with Crippen molar-refractivity contribution in [2.45, 2.75) is 49.8 Å². The van der Waals surface area contributed by atoms with Gasteiger partial charge in [0.05, 0.1) is 34.2 Å². The number of urea groups is 1. The molecule has 4 N–H and O–H groups in total. The zero-order chi connectivity index (χ0) is 22.8. The second-order valence-corrected chi connectivity index (χ2v) is 9.30. The number of amides is 2. The van der Waals surface area contributed by atoms with E-state index in [1.54, 1.807) is 13.0 Å². The lowest BCUT2D eigenvalue weighted by atomic mass is 10.0. The molecule has 3 rings (SSSR count). The standard InChI is InChI=1S/C19H25N5O5S2/c1-4-12-16(17(25)29-6-3)14(22-18(26)21-12)10-30-19-23-13-9-11(31(20,27)28)7-8-15(13)24(19)5-2/h7-9,12H,4-6,10H2,1-3H3,(H2,20,27,28)(H2,21,22,26). The summed E-state index contributed by atoms with van der Waals surface area (Å²) in [5.41, 5.74) is 2.13. The van der Waals surface area contributed by atoms with Crippen LogP contribution in [-0.2, 0) is 26.1 Å². The SMILES string of the molecule is CCOC(=O)C1=C(CSc2nc3cc(S(N)(=O)=O)ccc3n2CC)NC(=O)NC1CC. The van der Waals surface area contributed by atoms with Crippen LogP contribution in [0.1, 0.15) is 27.2 Å². The molecule has 0 bridgehead atoms. The molecule has 2 aromatic rings. The van der Waals surface area contributed by atoms with Crippen LogP contribution in [0.15, 0.2) is 39.5 Å². The number of nitrogens with one attached hydrogen (secondary N) is 2. The molecule has 2 amide bonds. The van der Waals surface area contributed by atoms with E-state index in [4.69, 9.17) is 9.88 Å². The van der Waals surface area contributed by atoms with Crippen molar-refractivity contribution in [1.82, 2.24) is 20.2 Å². The van der Waals surface area contributed by atoms with Gasteiger partial charge in [0.1, 0.15) is 0 Å². The lowest BCUT2D eigenvalue weighted by Gasteiger charge is -2.28. The first-order valence-electron chi connectivity index (χ1n) is 9.83. The Morgan fingerprint density at radius 2 is 2.06 bits per heavy atom. The minimum Gasteiger partial charge on any atom is -0.463 e. The Kier molecular flexibility index (Phi) is 6.92. The van der Waals surface area contributed by atoms with E-state index in [2.05, 4.69) is 15.6 Å². The summed E-state index contributed by atoms with van der Waals surface area (Å²) < 4.78 is 30.4. The highest BCUT2D eigenvalue weighted by atomic mass is 32.2. The number of ether oxygens (including phenoxy) is 1. The van der Waals surface area contributed by atoms with Gasteiger partial charge >= 0.3 is 12.0 Å². The molecule has 1 unspecified atom stereocenters. The molecule has 1 atom stereocenters. The lowest BCUT2D eigenvalue weighted by molar-refractivity contribution is -0.139. The molecular weight excluding hydrogens is 442 g/mol. The molecule has 168 valence electrons. The van der Waals surface area contributed by atoms with Crippen molar-refractivity contribution in [2.24, 2.45) is 5.14 Å². The van der Waals surface area contributed by atoms with Gasteiger partial charge in [0, 0.05) is 18.0 Å². The van der Waals surface area contributed by atoms with Crippen LogP contribution in [-0.4, -0.2) is 48.4 Å². The van der Waals surface area contributed by atoms with E-state index in [1.807, 2.05) is 18.4 Å². The van der Waals surface area contributed by atoms with Gasteiger partial charge in [-0.15, -0.1) is 0 Å². The third-order valence-corrected chi connectivity index (χ3v) is 6.74. The normalized spacial score (nSPS) is 16.9. The summed E-state index contributed by atoms with van der Waals surface area (Å²) in [7, 11) is -3.84. The summed E-state index contributed by atoms with van der Waals surface area (Å²) in [6, 6.07) is 3.73. The number of aromatic nitrogens is 2. The van der Waals surface area contributed by atoms with Crippen LogP contribution in [0.4, 0.5) is 4.79 Å². The topological polar surface area (TPSA) is 145 Å². The summed E-state index contributed by atoms with van der Waals surface area (Å²) in [4.78, 5) is 29.1. The van der Waals surface area contributed by atoms with E-state index in [9.17, 15) is 18.0 Å². The largest absolute Gasteiger partial charge is 0.463 e. The van der Waals surface area contributed by atoms with Crippen molar-refractivity contribution in [1.29, 1.82) is 0 Å². The minimum absolute atomic E-state index is 0.0129. The maximum absolute atomic E-state index is 12.5. The maximum atomic E-state index is 12.5. The number of primary sulfonamides is 1. The van der Waals surface area contributed by atoms with Gasteiger partial charge in [0.15, 0.2) is 5.16 Å². The lowest BCUT2D eigenvalue weighted by Crippen LogP contribution is -2.50. The molecule has 0 fully saturated rings. The van der Waals surface area contributed by atoms with E-state index in [-0.39, 0.29) is 23.3 Å². The van der Waals surface area contributed by atoms with Gasteiger partial charge in [-0.3, -0.25) is 0 Å². The van der Waals surface area contributed by atoms with E-state index < -0.39 is 22.0 Å². The summed E-state index contributed by atoms with van der Waals surface area (Å²) >= 11 is 1.33. The number of carbonyl (C=O) groups excluding carboxylic acids is 2. The first-order chi connectivity index (χ1) is 14.7. The number of esters is 1. The average molecular weight is 468 g/mol. The molecule has 12 heteroatoms. The molecule has 1 aromatic carbocycles. The fraction of sp³-hybridized carbons (Fsp3) is 0.421. The number of benzene rings is 1. The summed E-state index contributed by atoms with van der Waals surface area (Å²) in [6.07, 6.45) is 0.541. The van der Waals surface area contributed by atoms with Crippen molar-refractivity contribution < 1.29 is 22.7 Å². The molecule has 0 saturated heterocycles. The monoisotopic (exact) mass is 467 g/mol. The third-order valence-electron chi connectivity index (χ3n) is 4.82. The van der Waals surface area contributed by atoms with Gasteiger partial charge in [0.2, 0.25) is 10.0 Å². The average Bonchev–Trinajstić information content (AvgIpc) is 3.07. The Bertz CT molecular complexity index is 1160. The van der Waals surface area contributed by atoms with Crippen LogP contribution in [0.25, 0.3) is 11.0 Å². The molecular formula is C19H25N5O5S2. The molecule has 10 nitrogen and oxygen atoms in total. The Labute approximate surface area is 184 Å². The zero-order valence-corrected chi connectivity index (χ0v) is 19.1. The molecule has 31 heavy (non-hydrogen) atoms. The Morgan fingerprint density at radius 1 is 1.32 bits per heavy atom. The fourth-order valence-corrected chi connectivity index (χ4v) is 4.97. The Morgan fingerprint density at radius 3 is 2.68 bits per heavy atom. The number of rotatable bonds is 8. The second kappa shape index (κ2) is 9.28. The number of hydrogen-bond acceptors (Lipinski definition) is 7. The Hall–Kier alpha value is -2.57. The van der Waals surface area contributed by atoms with Gasteiger partial charge in [-0.25, -0.2) is 28.1 Å². The van der Waals surface area contributed by atoms with E-state index in [1.165, 1.54) is 23.9 Å². The second-order valence-electron chi connectivity index (χ2n) is 6.79. The van der Waals surface area contributed by atoms with Crippen molar-refractivity contribution >= 4 is 44.8 Å². The number of imidazole rings is 1. The Balaban J connectivity index is 1.97. The number of fused-ring (bicyclic) bond motifs is 1. The van der Waals surface area contributed by atoms with Crippen molar-refractivity contribution in [3.05, 3.63) is 29.5 Å². The van der Waals surface area contributed by atoms with Crippen LogP contribution < -0.4 is 15.8 Å². The number of nitrogens with zero attached hydrogens (tertiary/aromatic N) is 2. The highest BCUT2D eigenvalue weighted by molar-refractivity contribution is 7.99. The number of carbonyl (C=O) groups is 2. The molecule has 2 heterocycles. The molecule has 1 aliphatic rings. The number of aryl methyl sites for hydroxylation is 1.